The van der Waals surface area contributed by atoms with E-state index in [0.717, 1.165) is 22.0 Å². The predicted octanol–water partition coefficient (Wildman–Crippen LogP) is 6.69. The molecule has 3 rings (SSSR count). The Hall–Kier alpha value is -2.54. The summed E-state index contributed by atoms with van der Waals surface area (Å²) >= 11 is 15.7. The van der Waals surface area contributed by atoms with Crippen LogP contribution in [0.25, 0.3) is 0 Å². The highest BCUT2D eigenvalue weighted by atomic mass is 79.9. The molecule has 0 bridgehead atoms. The molecule has 0 spiro atoms. The lowest BCUT2D eigenvalue weighted by Crippen LogP contribution is -2.53. The van der Waals surface area contributed by atoms with Gasteiger partial charge in [-0.3, -0.25) is 9.59 Å². The van der Waals surface area contributed by atoms with Crippen molar-refractivity contribution in [1.29, 1.82) is 0 Å². The summed E-state index contributed by atoms with van der Waals surface area (Å²) in [5.41, 5.74) is 1.84. The third kappa shape index (κ3) is 8.26. The smallest absolute Gasteiger partial charge is 0.261 e. The molecule has 0 fully saturated rings. The van der Waals surface area contributed by atoms with E-state index in [1.165, 1.54) is 0 Å². The van der Waals surface area contributed by atoms with Gasteiger partial charge < -0.3 is 15.0 Å². The van der Waals surface area contributed by atoms with Crippen molar-refractivity contribution in [1.82, 2.24) is 10.2 Å². The Bertz CT molecular complexity index is 1180. The van der Waals surface area contributed by atoms with Crippen molar-refractivity contribution >= 4 is 50.9 Å². The van der Waals surface area contributed by atoms with Crippen LogP contribution < -0.4 is 10.1 Å². The molecule has 2 amide bonds. The van der Waals surface area contributed by atoms with Crippen LogP contribution in [-0.4, -0.2) is 35.4 Å². The molecule has 2 atom stereocenters. The summed E-state index contributed by atoms with van der Waals surface area (Å²) in [5.74, 6) is -0.192. The minimum atomic E-state index is -0.739. The fraction of sp³-hybridized carbons (Fsp3) is 0.286. The number of benzene rings is 3. The average Bonchev–Trinajstić information content (AvgIpc) is 2.86. The van der Waals surface area contributed by atoms with Crippen molar-refractivity contribution in [3.05, 3.63) is 98.4 Å². The zero-order valence-electron chi connectivity index (χ0n) is 20.2. The van der Waals surface area contributed by atoms with Gasteiger partial charge in [-0.1, -0.05) is 88.5 Å². The molecule has 8 heteroatoms. The first-order valence-electron chi connectivity index (χ1n) is 11.7. The minimum Gasteiger partial charge on any atom is -0.482 e. The third-order valence-corrected chi connectivity index (χ3v) is 6.78. The summed E-state index contributed by atoms with van der Waals surface area (Å²) in [5, 5.41) is 3.83. The van der Waals surface area contributed by atoms with Gasteiger partial charge in [0.25, 0.3) is 5.91 Å². The highest BCUT2D eigenvalue weighted by Gasteiger charge is 2.31. The van der Waals surface area contributed by atoms with Gasteiger partial charge in [-0.2, -0.15) is 0 Å². The Morgan fingerprint density at radius 3 is 2.39 bits per heavy atom. The standard InChI is InChI=1S/C28H29BrCl2N2O3/c1-3-19(2)32-28(35)25(15-20-8-5-4-6-9-20)33(17-21-10-7-11-22(29)14-21)27(34)18-36-26-13-12-23(30)16-24(26)31/h4-14,16,19,25H,3,15,17-18H2,1-2H3,(H,32,35)/t19-,25+/m0/s1. The average molecular weight is 592 g/mol. The Morgan fingerprint density at radius 1 is 1.00 bits per heavy atom. The third-order valence-electron chi connectivity index (χ3n) is 5.76. The fourth-order valence-corrected chi connectivity index (χ4v) is 4.55. The van der Waals surface area contributed by atoms with Crippen LogP contribution in [0.2, 0.25) is 10.0 Å². The number of carbonyl (C=O) groups excluding carboxylic acids is 2. The SMILES string of the molecule is CC[C@H](C)NC(=O)[C@@H](Cc1ccccc1)N(Cc1cccc(Br)c1)C(=O)COc1ccc(Cl)cc1Cl. The molecule has 3 aromatic rings. The van der Waals surface area contributed by atoms with E-state index in [0.29, 0.717) is 22.2 Å². The zero-order valence-corrected chi connectivity index (χ0v) is 23.3. The van der Waals surface area contributed by atoms with Gasteiger partial charge in [0.05, 0.1) is 5.02 Å². The molecule has 0 radical (unpaired) electrons. The molecular formula is C28H29BrCl2N2O3. The van der Waals surface area contributed by atoms with Crippen LogP contribution in [0.4, 0.5) is 0 Å². The molecule has 0 unspecified atom stereocenters. The monoisotopic (exact) mass is 590 g/mol. The lowest BCUT2D eigenvalue weighted by atomic mass is 10.0. The first-order valence-corrected chi connectivity index (χ1v) is 13.3. The van der Waals surface area contributed by atoms with Crippen LogP contribution in [0, 0.1) is 0 Å². The van der Waals surface area contributed by atoms with E-state index in [1.54, 1.807) is 23.1 Å². The molecule has 36 heavy (non-hydrogen) atoms. The van der Waals surface area contributed by atoms with Crippen molar-refractivity contribution in [2.75, 3.05) is 6.61 Å². The van der Waals surface area contributed by atoms with Crippen molar-refractivity contribution in [3.63, 3.8) is 0 Å². The van der Waals surface area contributed by atoms with Gasteiger partial charge in [0.2, 0.25) is 5.91 Å². The second-order valence-corrected chi connectivity index (χ2v) is 10.3. The quantitative estimate of drug-likeness (QED) is 0.270. The van der Waals surface area contributed by atoms with Crippen LogP contribution in [0.15, 0.2) is 77.3 Å². The van der Waals surface area contributed by atoms with Crippen LogP contribution in [0.5, 0.6) is 5.75 Å². The predicted molar refractivity (Wildman–Crippen MR) is 148 cm³/mol. The van der Waals surface area contributed by atoms with Gasteiger partial charge in [0, 0.05) is 28.5 Å². The summed E-state index contributed by atoms with van der Waals surface area (Å²) in [7, 11) is 0. The molecule has 5 nitrogen and oxygen atoms in total. The van der Waals surface area contributed by atoms with Gasteiger partial charge in [-0.25, -0.2) is 0 Å². The summed E-state index contributed by atoms with van der Waals surface area (Å²) < 4.78 is 6.64. The number of nitrogens with zero attached hydrogens (tertiary/aromatic N) is 1. The van der Waals surface area contributed by atoms with E-state index in [-0.39, 0.29) is 31.0 Å². The van der Waals surface area contributed by atoms with Gasteiger partial charge in [0.1, 0.15) is 11.8 Å². The number of carbonyl (C=O) groups is 2. The van der Waals surface area contributed by atoms with E-state index in [9.17, 15) is 9.59 Å². The molecule has 190 valence electrons. The summed E-state index contributed by atoms with van der Waals surface area (Å²) in [6.07, 6.45) is 1.14. The molecule has 0 aliphatic heterocycles. The first-order chi connectivity index (χ1) is 17.3. The Balaban J connectivity index is 1.92. The molecule has 0 aliphatic rings. The van der Waals surface area contributed by atoms with Crippen LogP contribution >= 0.6 is 39.1 Å². The number of ether oxygens (including phenoxy) is 1. The van der Waals surface area contributed by atoms with E-state index < -0.39 is 6.04 Å². The second-order valence-electron chi connectivity index (χ2n) is 8.54. The lowest BCUT2D eigenvalue weighted by molar-refractivity contribution is -0.143. The maximum absolute atomic E-state index is 13.6. The second kappa shape index (κ2) is 13.7. The number of nitrogens with one attached hydrogen (secondary N) is 1. The Labute approximate surface area is 230 Å². The molecule has 3 aromatic carbocycles. The molecular weight excluding hydrogens is 563 g/mol. The van der Waals surface area contributed by atoms with Crippen molar-refractivity contribution in [2.45, 2.75) is 45.3 Å². The highest BCUT2D eigenvalue weighted by Crippen LogP contribution is 2.28. The van der Waals surface area contributed by atoms with Gasteiger partial charge in [-0.15, -0.1) is 0 Å². The summed E-state index contributed by atoms with van der Waals surface area (Å²) in [6, 6.07) is 21.4. The minimum absolute atomic E-state index is 0.0253. The molecule has 0 aromatic heterocycles. The van der Waals surface area contributed by atoms with Crippen LogP contribution in [0.1, 0.15) is 31.4 Å². The van der Waals surface area contributed by atoms with Crippen LogP contribution in [0.3, 0.4) is 0 Å². The molecule has 0 saturated heterocycles. The van der Waals surface area contributed by atoms with Crippen molar-refractivity contribution < 1.29 is 14.3 Å². The van der Waals surface area contributed by atoms with Gasteiger partial charge in [0.15, 0.2) is 6.61 Å². The van der Waals surface area contributed by atoms with Gasteiger partial charge in [-0.05, 0) is 54.8 Å². The molecule has 0 aliphatic carbocycles. The Morgan fingerprint density at radius 2 is 1.72 bits per heavy atom. The van der Waals surface area contributed by atoms with E-state index in [2.05, 4.69) is 21.2 Å². The molecule has 1 N–H and O–H groups in total. The summed E-state index contributed by atoms with van der Waals surface area (Å²) in [6.45, 7) is 3.91. The number of hydrogen-bond donors (Lipinski definition) is 1. The number of rotatable bonds is 11. The number of halogens is 3. The first kappa shape index (κ1) is 28.0. The largest absolute Gasteiger partial charge is 0.482 e. The van der Waals surface area contributed by atoms with Gasteiger partial charge >= 0.3 is 0 Å². The van der Waals surface area contributed by atoms with E-state index >= 15 is 0 Å². The van der Waals surface area contributed by atoms with Crippen LogP contribution in [-0.2, 0) is 22.6 Å². The highest BCUT2D eigenvalue weighted by molar-refractivity contribution is 9.10. The maximum Gasteiger partial charge on any atom is 0.261 e. The maximum atomic E-state index is 13.6. The van der Waals surface area contributed by atoms with Crippen molar-refractivity contribution in [3.8, 4) is 5.75 Å². The van der Waals surface area contributed by atoms with Crippen molar-refractivity contribution in [2.24, 2.45) is 0 Å². The zero-order chi connectivity index (χ0) is 26.1. The normalized spacial score (nSPS) is 12.5. The summed E-state index contributed by atoms with van der Waals surface area (Å²) in [4.78, 5) is 28.7. The molecule has 0 heterocycles. The van der Waals surface area contributed by atoms with E-state index in [4.69, 9.17) is 27.9 Å². The molecule has 0 saturated carbocycles. The van der Waals surface area contributed by atoms with E-state index in [1.807, 2.05) is 68.4 Å². The topological polar surface area (TPSA) is 58.6 Å². The fourth-order valence-electron chi connectivity index (χ4n) is 3.64. The Kier molecular flexibility index (Phi) is 10.7. The number of amides is 2. The lowest BCUT2D eigenvalue weighted by Gasteiger charge is -2.32. The number of hydrogen-bond acceptors (Lipinski definition) is 3.